The van der Waals surface area contributed by atoms with E-state index in [1.54, 1.807) is 4.90 Å². The quantitative estimate of drug-likeness (QED) is 0.399. The van der Waals surface area contributed by atoms with Gasteiger partial charge in [-0.25, -0.2) is 8.42 Å². The average Bonchev–Trinajstić information content (AvgIpc) is 3.38. The fourth-order valence-electron chi connectivity index (χ4n) is 4.53. The number of carbonyl (C=O) groups excluding carboxylic acids is 1. The number of carbonyl (C=O) groups is 1. The summed E-state index contributed by atoms with van der Waals surface area (Å²) in [5.41, 5.74) is 1.86. The minimum atomic E-state index is -4.11. The summed E-state index contributed by atoms with van der Waals surface area (Å²) in [6.07, 6.45) is 0. The Kier molecular flexibility index (Phi) is 8.11. The number of hydrogen-bond acceptors (Lipinski definition) is 6. The molecule has 1 amide bonds. The van der Waals surface area contributed by atoms with E-state index in [9.17, 15) is 13.2 Å². The molecule has 0 atom stereocenters. The first-order chi connectivity index (χ1) is 18.3. The molecular weight excluding hydrogens is 549 g/mol. The normalized spacial score (nSPS) is 15.7. The molecule has 0 radical (unpaired) electrons. The highest BCUT2D eigenvalue weighted by atomic mass is 35.5. The lowest BCUT2D eigenvalue weighted by molar-refractivity contribution is -0.133. The van der Waals surface area contributed by atoms with E-state index >= 15 is 0 Å². The Morgan fingerprint density at radius 1 is 0.868 bits per heavy atom. The number of hydrogen-bond donors (Lipinski definition) is 0. The summed E-state index contributed by atoms with van der Waals surface area (Å²) < 4.78 is 39.3. The van der Waals surface area contributed by atoms with Crippen LogP contribution in [-0.4, -0.2) is 67.9 Å². The summed E-state index contributed by atoms with van der Waals surface area (Å²) >= 11 is 12.3. The maximum atomic E-state index is 13.6. The lowest BCUT2D eigenvalue weighted by Crippen LogP contribution is -2.51. The Morgan fingerprint density at radius 2 is 1.61 bits per heavy atom. The molecule has 2 aliphatic heterocycles. The monoisotopic (exact) mass is 575 g/mol. The zero-order valence-corrected chi connectivity index (χ0v) is 22.9. The van der Waals surface area contributed by atoms with Crippen molar-refractivity contribution in [1.29, 1.82) is 0 Å². The summed E-state index contributed by atoms with van der Waals surface area (Å²) in [6, 6.07) is 19.3. The van der Waals surface area contributed by atoms with Gasteiger partial charge in [-0.15, -0.1) is 0 Å². The predicted octanol–water partition coefficient (Wildman–Crippen LogP) is 4.26. The molecule has 0 aromatic heterocycles. The second kappa shape index (κ2) is 11.5. The van der Waals surface area contributed by atoms with E-state index in [-0.39, 0.29) is 40.7 Å². The van der Waals surface area contributed by atoms with Gasteiger partial charge in [0, 0.05) is 44.3 Å². The van der Waals surface area contributed by atoms with Crippen LogP contribution in [0.15, 0.2) is 71.6 Å². The van der Waals surface area contributed by atoms with E-state index < -0.39 is 10.0 Å². The zero-order valence-electron chi connectivity index (χ0n) is 20.6. The summed E-state index contributed by atoms with van der Waals surface area (Å²) in [4.78, 5) is 17.2. The molecule has 1 saturated heterocycles. The van der Waals surface area contributed by atoms with Crippen LogP contribution in [0.1, 0.15) is 11.1 Å². The van der Waals surface area contributed by atoms with Crippen molar-refractivity contribution in [2.24, 2.45) is 0 Å². The largest absolute Gasteiger partial charge is 0.454 e. The molecule has 11 heteroatoms. The van der Waals surface area contributed by atoms with Crippen molar-refractivity contribution in [2.75, 3.05) is 39.5 Å². The van der Waals surface area contributed by atoms with Gasteiger partial charge in [0.15, 0.2) is 11.5 Å². The van der Waals surface area contributed by atoms with Crippen LogP contribution in [0.4, 0.5) is 0 Å². The molecule has 200 valence electrons. The lowest BCUT2D eigenvalue weighted by atomic mass is 10.1. The van der Waals surface area contributed by atoms with Gasteiger partial charge in [-0.3, -0.25) is 9.69 Å². The minimum absolute atomic E-state index is 0.0296. The fourth-order valence-corrected chi connectivity index (χ4v) is 6.65. The minimum Gasteiger partial charge on any atom is -0.454 e. The first-order valence-electron chi connectivity index (χ1n) is 12.2. The topological polar surface area (TPSA) is 79.4 Å². The average molecular weight is 577 g/mol. The maximum absolute atomic E-state index is 13.6. The Balaban J connectivity index is 1.26. The van der Waals surface area contributed by atoms with Crippen molar-refractivity contribution >= 4 is 39.1 Å². The highest BCUT2D eigenvalue weighted by Crippen LogP contribution is 2.33. The van der Waals surface area contributed by atoms with Crippen LogP contribution >= 0.6 is 23.2 Å². The SMILES string of the molecule is O=C(CN(Cc1ccccc1)S(=O)(=O)c1cc(Cl)ccc1Cl)N1CCN(Cc2ccc3c(c2)OCO3)CC1. The van der Waals surface area contributed by atoms with Gasteiger partial charge >= 0.3 is 0 Å². The van der Waals surface area contributed by atoms with E-state index in [4.69, 9.17) is 32.7 Å². The molecule has 2 heterocycles. The molecule has 0 saturated carbocycles. The number of halogens is 2. The smallest absolute Gasteiger partial charge is 0.245 e. The number of fused-ring (bicyclic) bond motifs is 1. The molecule has 3 aromatic carbocycles. The van der Waals surface area contributed by atoms with Gasteiger partial charge in [0.1, 0.15) is 4.90 Å². The third-order valence-corrected chi connectivity index (χ3v) is 9.10. The van der Waals surface area contributed by atoms with Gasteiger partial charge < -0.3 is 14.4 Å². The van der Waals surface area contributed by atoms with E-state index in [0.29, 0.717) is 26.2 Å². The summed E-state index contributed by atoms with van der Waals surface area (Å²) in [5.74, 6) is 1.24. The van der Waals surface area contributed by atoms with Crippen molar-refractivity contribution < 1.29 is 22.7 Å². The van der Waals surface area contributed by atoms with Crippen LogP contribution < -0.4 is 9.47 Å². The van der Waals surface area contributed by atoms with Crippen LogP contribution in [0.3, 0.4) is 0 Å². The third-order valence-electron chi connectivity index (χ3n) is 6.59. The zero-order chi connectivity index (χ0) is 26.7. The van der Waals surface area contributed by atoms with Gasteiger partial charge in [0.2, 0.25) is 22.7 Å². The number of benzene rings is 3. The van der Waals surface area contributed by atoms with Crippen LogP contribution in [0, 0.1) is 0 Å². The Hall–Kier alpha value is -2.82. The number of piperazine rings is 1. The summed E-state index contributed by atoms with van der Waals surface area (Å²) in [6.45, 7) is 3.03. The summed E-state index contributed by atoms with van der Waals surface area (Å²) in [7, 11) is -4.11. The number of amides is 1. The van der Waals surface area contributed by atoms with Crippen LogP contribution in [-0.2, 0) is 27.9 Å². The molecule has 0 aliphatic carbocycles. The number of ether oxygens (including phenoxy) is 2. The van der Waals surface area contributed by atoms with Crippen molar-refractivity contribution in [3.8, 4) is 11.5 Å². The van der Waals surface area contributed by atoms with E-state index in [1.165, 1.54) is 22.5 Å². The molecule has 0 spiro atoms. The Morgan fingerprint density at radius 3 is 2.37 bits per heavy atom. The Bertz CT molecular complexity index is 1410. The van der Waals surface area contributed by atoms with Crippen molar-refractivity contribution in [3.05, 3.63) is 87.9 Å². The van der Waals surface area contributed by atoms with E-state index in [0.717, 1.165) is 29.2 Å². The number of sulfonamides is 1. The first-order valence-corrected chi connectivity index (χ1v) is 14.4. The predicted molar refractivity (Wildman–Crippen MR) is 145 cm³/mol. The van der Waals surface area contributed by atoms with Gasteiger partial charge in [-0.2, -0.15) is 4.31 Å². The molecule has 1 fully saturated rings. The van der Waals surface area contributed by atoms with E-state index in [2.05, 4.69) is 4.90 Å². The third kappa shape index (κ3) is 6.08. The van der Waals surface area contributed by atoms with Gasteiger partial charge in [-0.1, -0.05) is 59.6 Å². The molecule has 8 nitrogen and oxygen atoms in total. The summed E-state index contributed by atoms with van der Waals surface area (Å²) in [5, 5.41) is 0.301. The molecule has 5 rings (SSSR count). The highest BCUT2D eigenvalue weighted by Gasteiger charge is 2.31. The lowest BCUT2D eigenvalue weighted by Gasteiger charge is -2.35. The molecule has 0 N–H and O–H groups in total. The van der Waals surface area contributed by atoms with E-state index in [1.807, 2.05) is 48.5 Å². The van der Waals surface area contributed by atoms with Crippen LogP contribution in [0.5, 0.6) is 11.5 Å². The highest BCUT2D eigenvalue weighted by molar-refractivity contribution is 7.89. The fraction of sp³-hybridized carbons (Fsp3) is 0.296. The van der Waals surface area contributed by atoms with Crippen molar-refractivity contribution in [3.63, 3.8) is 0 Å². The van der Waals surface area contributed by atoms with Crippen molar-refractivity contribution in [2.45, 2.75) is 18.0 Å². The Labute approximate surface area is 232 Å². The molecule has 0 unspecified atom stereocenters. The molecular formula is C27H27Cl2N3O5S. The first kappa shape index (κ1) is 26.8. The molecule has 2 aliphatic rings. The van der Waals surface area contributed by atoms with Crippen LogP contribution in [0.2, 0.25) is 10.0 Å². The maximum Gasteiger partial charge on any atom is 0.245 e. The van der Waals surface area contributed by atoms with Gasteiger partial charge in [0.05, 0.1) is 11.6 Å². The van der Waals surface area contributed by atoms with Gasteiger partial charge in [-0.05, 0) is 41.5 Å². The number of nitrogens with zero attached hydrogens (tertiary/aromatic N) is 3. The van der Waals surface area contributed by atoms with Crippen molar-refractivity contribution in [1.82, 2.24) is 14.1 Å². The molecule has 3 aromatic rings. The standard InChI is InChI=1S/C27H27Cl2N3O5S/c28-22-7-8-23(29)26(15-22)38(34,35)32(17-20-4-2-1-3-5-20)18-27(33)31-12-10-30(11-13-31)16-21-6-9-24-25(14-21)37-19-36-24/h1-9,14-15H,10-13,16-19H2. The second-order valence-electron chi connectivity index (χ2n) is 9.18. The number of rotatable bonds is 8. The van der Waals surface area contributed by atoms with Gasteiger partial charge in [0.25, 0.3) is 0 Å². The molecule has 0 bridgehead atoms. The molecule has 38 heavy (non-hydrogen) atoms. The second-order valence-corrected chi connectivity index (χ2v) is 11.9. The van der Waals surface area contributed by atoms with Crippen LogP contribution in [0.25, 0.3) is 0 Å².